The van der Waals surface area contributed by atoms with Gasteiger partial charge >= 0.3 is 6.09 Å². The second-order valence-electron chi connectivity index (χ2n) is 4.94. The molecule has 1 rings (SSSR count). The van der Waals surface area contributed by atoms with E-state index < -0.39 is 11.7 Å². The van der Waals surface area contributed by atoms with Crippen molar-refractivity contribution in [2.24, 2.45) is 5.73 Å². The minimum atomic E-state index is -0.505. The molecule has 96 valence electrons. The zero-order valence-electron chi connectivity index (χ0n) is 10.7. The number of rotatable bonds is 3. The Balaban J connectivity index is 2.38. The molecule has 0 aliphatic rings. The SMILES string of the molecule is Cc1ccc(C(N)CNC(=O)OC(C)(C)C)o1. The molecule has 17 heavy (non-hydrogen) atoms. The first-order chi connectivity index (χ1) is 7.78. The second-order valence-corrected chi connectivity index (χ2v) is 4.94. The van der Waals surface area contributed by atoms with E-state index in [2.05, 4.69) is 5.32 Å². The number of nitrogens with two attached hydrogens (primary N) is 1. The first-order valence-electron chi connectivity index (χ1n) is 5.57. The number of carbonyl (C=O) groups excluding carboxylic acids is 1. The Hall–Kier alpha value is -1.49. The summed E-state index contributed by atoms with van der Waals surface area (Å²) in [5.41, 5.74) is 5.35. The van der Waals surface area contributed by atoms with E-state index >= 15 is 0 Å². The van der Waals surface area contributed by atoms with Gasteiger partial charge in [0.25, 0.3) is 0 Å². The van der Waals surface area contributed by atoms with Crippen LogP contribution in [0.3, 0.4) is 0 Å². The monoisotopic (exact) mass is 240 g/mol. The molecule has 5 heteroatoms. The van der Waals surface area contributed by atoms with Gasteiger partial charge in [-0.15, -0.1) is 0 Å². The molecule has 0 aromatic carbocycles. The number of carbonyl (C=O) groups is 1. The molecular formula is C12H20N2O3. The standard InChI is InChI=1S/C12H20N2O3/c1-8-5-6-10(16-8)9(13)7-14-11(15)17-12(2,3)4/h5-6,9H,7,13H2,1-4H3,(H,14,15). The molecule has 0 saturated carbocycles. The molecule has 0 spiro atoms. The van der Waals surface area contributed by atoms with Gasteiger partial charge in [-0.3, -0.25) is 0 Å². The van der Waals surface area contributed by atoms with E-state index in [1.54, 1.807) is 6.07 Å². The molecular weight excluding hydrogens is 220 g/mol. The van der Waals surface area contributed by atoms with Gasteiger partial charge in [-0.25, -0.2) is 4.79 Å². The van der Waals surface area contributed by atoms with Crippen molar-refractivity contribution in [3.05, 3.63) is 23.7 Å². The molecule has 5 nitrogen and oxygen atoms in total. The molecule has 0 fully saturated rings. The van der Waals surface area contributed by atoms with Crippen molar-refractivity contribution in [2.75, 3.05) is 6.54 Å². The van der Waals surface area contributed by atoms with Crippen molar-refractivity contribution < 1.29 is 13.9 Å². The molecule has 3 N–H and O–H groups in total. The van der Waals surface area contributed by atoms with Gasteiger partial charge in [0.05, 0.1) is 6.04 Å². The summed E-state index contributed by atoms with van der Waals surface area (Å²) in [6, 6.07) is 3.27. The lowest BCUT2D eigenvalue weighted by molar-refractivity contribution is 0.0523. The number of ether oxygens (including phenoxy) is 1. The molecule has 0 bridgehead atoms. The first kappa shape index (κ1) is 13.6. The minimum Gasteiger partial charge on any atom is -0.465 e. The summed E-state index contributed by atoms with van der Waals surface area (Å²) in [4.78, 5) is 11.4. The van der Waals surface area contributed by atoms with Gasteiger partial charge in [0.15, 0.2) is 0 Å². The number of alkyl carbamates (subject to hydrolysis) is 1. The molecule has 1 aromatic heterocycles. The average molecular weight is 240 g/mol. The maximum absolute atomic E-state index is 11.4. The van der Waals surface area contributed by atoms with Crippen molar-refractivity contribution in [2.45, 2.75) is 39.3 Å². The van der Waals surface area contributed by atoms with E-state index in [0.717, 1.165) is 5.76 Å². The Bertz CT molecular complexity index is 379. The third kappa shape index (κ3) is 4.91. The number of amides is 1. The van der Waals surface area contributed by atoms with E-state index in [9.17, 15) is 4.79 Å². The average Bonchev–Trinajstić information content (AvgIpc) is 2.58. The first-order valence-corrected chi connectivity index (χ1v) is 5.57. The summed E-state index contributed by atoms with van der Waals surface area (Å²) in [5, 5.41) is 2.60. The van der Waals surface area contributed by atoms with E-state index in [1.165, 1.54) is 0 Å². The lowest BCUT2D eigenvalue weighted by atomic mass is 10.2. The minimum absolute atomic E-state index is 0.280. The highest BCUT2D eigenvalue weighted by atomic mass is 16.6. The lowest BCUT2D eigenvalue weighted by Crippen LogP contribution is -2.36. The van der Waals surface area contributed by atoms with Gasteiger partial charge in [0, 0.05) is 6.54 Å². The smallest absolute Gasteiger partial charge is 0.407 e. The molecule has 0 aliphatic carbocycles. The van der Waals surface area contributed by atoms with Crippen LogP contribution < -0.4 is 11.1 Å². The van der Waals surface area contributed by atoms with E-state index in [-0.39, 0.29) is 12.6 Å². The Labute approximate surface area is 101 Å². The van der Waals surface area contributed by atoms with Crippen LogP contribution in [0.25, 0.3) is 0 Å². The van der Waals surface area contributed by atoms with Crippen LogP contribution in [-0.2, 0) is 4.74 Å². The van der Waals surface area contributed by atoms with Crippen molar-refractivity contribution in [3.8, 4) is 0 Å². The maximum atomic E-state index is 11.4. The Morgan fingerprint density at radius 1 is 1.53 bits per heavy atom. The van der Waals surface area contributed by atoms with Gasteiger partial charge in [-0.05, 0) is 39.8 Å². The van der Waals surface area contributed by atoms with Gasteiger partial charge in [0.2, 0.25) is 0 Å². The van der Waals surface area contributed by atoms with Crippen LogP contribution in [-0.4, -0.2) is 18.2 Å². The molecule has 1 unspecified atom stereocenters. The summed E-state index contributed by atoms with van der Waals surface area (Å²) in [7, 11) is 0. The number of aryl methyl sites for hydroxylation is 1. The predicted octanol–water partition coefficient (Wildman–Crippen LogP) is 2.11. The molecule has 1 aromatic rings. The summed E-state index contributed by atoms with van der Waals surface area (Å²) in [6.07, 6.45) is -0.476. The number of hydrogen-bond donors (Lipinski definition) is 2. The number of hydrogen-bond acceptors (Lipinski definition) is 4. The van der Waals surface area contributed by atoms with Crippen LogP contribution in [0, 0.1) is 6.92 Å². The highest BCUT2D eigenvalue weighted by molar-refractivity contribution is 5.67. The summed E-state index contributed by atoms with van der Waals surface area (Å²) < 4.78 is 10.5. The molecule has 0 radical (unpaired) electrons. The zero-order chi connectivity index (χ0) is 13.1. The molecule has 0 aliphatic heterocycles. The van der Waals surface area contributed by atoms with Gasteiger partial charge < -0.3 is 20.2 Å². The third-order valence-electron chi connectivity index (χ3n) is 1.99. The Morgan fingerprint density at radius 2 is 2.18 bits per heavy atom. The largest absolute Gasteiger partial charge is 0.465 e. The fourth-order valence-electron chi connectivity index (χ4n) is 1.26. The van der Waals surface area contributed by atoms with Crippen molar-refractivity contribution in [1.82, 2.24) is 5.32 Å². The Kier molecular flexibility index (Phi) is 4.17. The summed E-state index contributed by atoms with van der Waals surface area (Å²) in [6.45, 7) is 7.55. The highest BCUT2D eigenvalue weighted by Gasteiger charge is 2.17. The summed E-state index contributed by atoms with van der Waals surface area (Å²) >= 11 is 0. The summed E-state index contributed by atoms with van der Waals surface area (Å²) in [5.74, 6) is 1.45. The van der Waals surface area contributed by atoms with Crippen molar-refractivity contribution >= 4 is 6.09 Å². The second kappa shape index (κ2) is 5.23. The number of nitrogens with one attached hydrogen (secondary N) is 1. The molecule has 0 saturated heterocycles. The molecule has 1 amide bonds. The number of furan rings is 1. The van der Waals surface area contributed by atoms with Crippen LogP contribution in [0.5, 0.6) is 0 Å². The topological polar surface area (TPSA) is 77.5 Å². The fraction of sp³-hybridized carbons (Fsp3) is 0.583. The van der Waals surface area contributed by atoms with Crippen LogP contribution in [0.4, 0.5) is 4.79 Å². The van der Waals surface area contributed by atoms with Crippen molar-refractivity contribution in [1.29, 1.82) is 0 Å². The molecule has 1 heterocycles. The van der Waals surface area contributed by atoms with Crippen molar-refractivity contribution in [3.63, 3.8) is 0 Å². The van der Waals surface area contributed by atoms with Crippen LogP contribution in [0.2, 0.25) is 0 Å². The maximum Gasteiger partial charge on any atom is 0.407 e. The van der Waals surface area contributed by atoms with E-state index in [0.29, 0.717) is 5.76 Å². The Morgan fingerprint density at radius 3 is 2.65 bits per heavy atom. The highest BCUT2D eigenvalue weighted by Crippen LogP contribution is 2.13. The van der Waals surface area contributed by atoms with E-state index in [1.807, 2.05) is 33.8 Å². The third-order valence-corrected chi connectivity index (χ3v) is 1.99. The van der Waals surface area contributed by atoms with Gasteiger partial charge in [-0.1, -0.05) is 0 Å². The zero-order valence-corrected chi connectivity index (χ0v) is 10.7. The normalized spacial score (nSPS) is 13.2. The van der Waals surface area contributed by atoms with Crippen LogP contribution in [0.15, 0.2) is 16.5 Å². The van der Waals surface area contributed by atoms with Crippen LogP contribution in [0.1, 0.15) is 38.3 Å². The van der Waals surface area contributed by atoms with Crippen LogP contribution >= 0.6 is 0 Å². The fourth-order valence-corrected chi connectivity index (χ4v) is 1.26. The lowest BCUT2D eigenvalue weighted by Gasteiger charge is -2.20. The van der Waals surface area contributed by atoms with Gasteiger partial charge in [0.1, 0.15) is 17.1 Å². The van der Waals surface area contributed by atoms with E-state index in [4.69, 9.17) is 14.9 Å². The predicted molar refractivity (Wildman–Crippen MR) is 64.6 cm³/mol. The molecule has 1 atom stereocenters. The quantitative estimate of drug-likeness (QED) is 0.848. The van der Waals surface area contributed by atoms with Gasteiger partial charge in [-0.2, -0.15) is 0 Å².